The van der Waals surface area contributed by atoms with Crippen molar-refractivity contribution >= 4 is 11.9 Å². The fraction of sp³-hybridized carbons (Fsp3) is 0.364. The van der Waals surface area contributed by atoms with Crippen LogP contribution in [0.3, 0.4) is 0 Å². The van der Waals surface area contributed by atoms with Gasteiger partial charge >= 0.3 is 11.9 Å². The molecule has 1 aliphatic heterocycles. The monoisotopic (exact) mass is 416 g/mol. The second-order valence-electron chi connectivity index (χ2n) is 6.69. The number of hydrogen-bond acceptors (Lipinski definition) is 8. The zero-order valence-electron chi connectivity index (χ0n) is 17.3. The van der Waals surface area contributed by atoms with Gasteiger partial charge in [0.25, 0.3) is 0 Å². The summed E-state index contributed by atoms with van der Waals surface area (Å²) in [7, 11) is 3.02. The fourth-order valence-corrected chi connectivity index (χ4v) is 3.35. The van der Waals surface area contributed by atoms with Gasteiger partial charge in [-0.1, -0.05) is 12.1 Å². The molecule has 3 rings (SSSR count). The number of rotatable bonds is 6. The fourth-order valence-electron chi connectivity index (χ4n) is 3.35. The Morgan fingerprint density at radius 2 is 1.37 bits per heavy atom. The molecule has 0 N–H and O–H groups in total. The summed E-state index contributed by atoms with van der Waals surface area (Å²) in [4.78, 5) is 22.6. The minimum atomic E-state index is -0.429. The normalized spacial score (nSPS) is 18.4. The van der Waals surface area contributed by atoms with Crippen LogP contribution in [0.1, 0.15) is 37.0 Å². The van der Waals surface area contributed by atoms with Crippen LogP contribution in [0.2, 0.25) is 0 Å². The highest BCUT2D eigenvalue weighted by Crippen LogP contribution is 2.42. The molecule has 1 fully saturated rings. The number of benzene rings is 2. The van der Waals surface area contributed by atoms with Crippen LogP contribution < -0.4 is 18.9 Å². The molecule has 0 aliphatic carbocycles. The maximum absolute atomic E-state index is 11.3. The molecule has 0 radical (unpaired) electrons. The van der Waals surface area contributed by atoms with E-state index < -0.39 is 11.9 Å². The lowest BCUT2D eigenvalue weighted by atomic mass is 9.88. The van der Waals surface area contributed by atoms with Crippen LogP contribution in [0.4, 0.5) is 0 Å². The van der Waals surface area contributed by atoms with E-state index in [4.69, 9.17) is 28.4 Å². The summed E-state index contributed by atoms with van der Waals surface area (Å²) in [5.41, 5.74) is 1.74. The van der Waals surface area contributed by atoms with Gasteiger partial charge in [0.2, 0.25) is 0 Å². The second-order valence-corrected chi connectivity index (χ2v) is 6.69. The molecule has 0 unspecified atom stereocenters. The smallest absolute Gasteiger partial charge is 0.308 e. The molecule has 2 atom stereocenters. The number of ether oxygens (including phenoxy) is 6. The van der Waals surface area contributed by atoms with E-state index in [2.05, 4.69) is 0 Å². The number of methoxy groups -OCH3 is 2. The molecule has 1 saturated heterocycles. The van der Waals surface area contributed by atoms with Crippen LogP contribution in [0.15, 0.2) is 36.4 Å². The summed E-state index contributed by atoms with van der Waals surface area (Å²) in [6.07, 6.45) is -0.330. The first-order chi connectivity index (χ1) is 14.4. The van der Waals surface area contributed by atoms with E-state index in [-0.39, 0.29) is 18.8 Å². The van der Waals surface area contributed by atoms with E-state index in [0.717, 1.165) is 11.1 Å². The minimum absolute atomic E-state index is 0.150. The first kappa shape index (κ1) is 21.6. The maximum atomic E-state index is 11.3. The van der Waals surface area contributed by atoms with Gasteiger partial charge in [0.1, 0.15) is 6.79 Å². The highest BCUT2D eigenvalue weighted by Gasteiger charge is 2.31. The molecule has 0 bridgehead atoms. The third kappa shape index (κ3) is 4.90. The number of carbonyl (C=O) groups is 2. The van der Waals surface area contributed by atoms with Crippen molar-refractivity contribution in [2.24, 2.45) is 0 Å². The molecular formula is C22H24O8. The van der Waals surface area contributed by atoms with Gasteiger partial charge in [-0.15, -0.1) is 0 Å². The van der Waals surface area contributed by atoms with Gasteiger partial charge in [-0.3, -0.25) is 9.59 Å². The topological polar surface area (TPSA) is 89.5 Å². The Kier molecular flexibility index (Phi) is 6.91. The van der Waals surface area contributed by atoms with Crippen molar-refractivity contribution in [3.05, 3.63) is 47.5 Å². The molecule has 160 valence electrons. The van der Waals surface area contributed by atoms with Gasteiger partial charge in [0.15, 0.2) is 23.0 Å². The van der Waals surface area contributed by atoms with Crippen molar-refractivity contribution in [2.45, 2.75) is 25.9 Å². The highest BCUT2D eigenvalue weighted by molar-refractivity contribution is 5.71. The van der Waals surface area contributed by atoms with E-state index in [1.165, 1.54) is 28.1 Å². The molecule has 1 heterocycles. The predicted octanol–water partition coefficient (Wildman–Crippen LogP) is 3.38. The van der Waals surface area contributed by atoms with Crippen molar-refractivity contribution in [1.29, 1.82) is 0 Å². The summed E-state index contributed by atoms with van der Waals surface area (Å²) in [6.45, 7) is 3.24. The van der Waals surface area contributed by atoms with Crippen molar-refractivity contribution < 1.29 is 38.0 Å². The molecule has 0 spiro atoms. The van der Waals surface area contributed by atoms with E-state index >= 15 is 0 Å². The summed E-state index contributed by atoms with van der Waals surface area (Å²) < 4.78 is 32.6. The molecule has 30 heavy (non-hydrogen) atoms. The molecule has 0 aromatic heterocycles. The molecule has 8 nitrogen and oxygen atoms in total. The van der Waals surface area contributed by atoms with Crippen LogP contribution in [0.5, 0.6) is 23.0 Å². The quantitative estimate of drug-likeness (QED) is 0.523. The molecule has 2 aromatic carbocycles. The molecule has 2 aromatic rings. The van der Waals surface area contributed by atoms with Crippen LogP contribution >= 0.6 is 0 Å². The van der Waals surface area contributed by atoms with Gasteiger partial charge in [-0.05, 0) is 35.4 Å². The Hall–Kier alpha value is -3.10. The van der Waals surface area contributed by atoms with Crippen molar-refractivity contribution in [3.8, 4) is 23.0 Å². The van der Waals surface area contributed by atoms with E-state index in [9.17, 15) is 9.59 Å². The number of esters is 2. The number of hydrogen-bond donors (Lipinski definition) is 0. The Labute approximate surface area is 174 Å². The zero-order chi connectivity index (χ0) is 21.7. The van der Waals surface area contributed by atoms with E-state index in [1.807, 2.05) is 12.1 Å². The SMILES string of the molecule is COc1cc([C@H]2OCOC[C@H]2c2ccc(OC(C)=O)c(OC)c2)ccc1OC(C)=O. The molecule has 0 saturated carbocycles. The Morgan fingerprint density at radius 3 is 1.90 bits per heavy atom. The van der Waals surface area contributed by atoms with Gasteiger partial charge in [-0.2, -0.15) is 0 Å². The van der Waals surface area contributed by atoms with Crippen LogP contribution in [-0.4, -0.2) is 39.6 Å². The Balaban J connectivity index is 1.93. The third-order valence-corrected chi connectivity index (χ3v) is 4.63. The first-order valence-electron chi connectivity index (χ1n) is 9.35. The Bertz CT molecular complexity index is 848. The molecular weight excluding hydrogens is 392 g/mol. The Morgan fingerprint density at radius 1 is 0.833 bits per heavy atom. The summed E-state index contributed by atoms with van der Waals surface area (Å²) in [5.74, 6) is 0.544. The van der Waals surface area contributed by atoms with Crippen molar-refractivity contribution in [2.75, 3.05) is 27.6 Å². The maximum Gasteiger partial charge on any atom is 0.308 e. The van der Waals surface area contributed by atoms with Crippen molar-refractivity contribution in [3.63, 3.8) is 0 Å². The van der Waals surface area contributed by atoms with Crippen LogP contribution in [-0.2, 0) is 19.1 Å². The lowest BCUT2D eigenvalue weighted by molar-refractivity contribution is -0.153. The molecule has 8 heteroatoms. The summed E-state index contributed by atoms with van der Waals surface area (Å²) in [6, 6.07) is 10.6. The standard InChI is InChI=1S/C22H24O8/c1-13(23)29-18-7-5-15(9-20(18)25-3)17-11-27-12-28-22(17)16-6-8-19(30-14(2)24)21(10-16)26-4/h5-10,17,22H,11-12H2,1-4H3/t17-,22+/m0/s1. The zero-order valence-corrected chi connectivity index (χ0v) is 17.3. The largest absolute Gasteiger partial charge is 0.493 e. The summed E-state index contributed by atoms with van der Waals surface area (Å²) >= 11 is 0. The predicted molar refractivity (Wildman–Crippen MR) is 106 cm³/mol. The molecule has 1 aliphatic rings. The van der Waals surface area contributed by atoms with E-state index in [1.54, 1.807) is 24.3 Å². The minimum Gasteiger partial charge on any atom is -0.493 e. The molecule has 0 amide bonds. The van der Waals surface area contributed by atoms with Crippen molar-refractivity contribution in [1.82, 2.24) is 0 Å². The highest BCUT2D eigenvalue weighted by atomic mass is 16.7. The second kappa shape index (κ2) is 9.60. The average Bonchev–Trinajstić information content (AvgIpc) is 2.73. The van der Waals surface area contributed by atoms with E-state index in [0.29, 0.717) is 29.6 Å². The lowest BCUT2D eigenvalue weighted by Gasteiger charge is -2.32. The van der Waals surface area contributed by atoms with Crippen LogP contribution in [0.25, 0.3) is 0 Å². The first-order valence-corrected chi connectivity index (χ1v) is 9.35. The van der Waals surface area contributed by atoms with Gasteiger partial charge in [-0.25, -0.2) is 0 Å². The average molecular weight is 416 g/mol. The van der Waals surface area contributed by atoms with Crippen LogP contribution in [0, 0.1) is 0 Å². The lowest BCUT2D eigenvalue weighted by Crippen LogP contribution is -2.26. The van der Waals surface area contributed by atoms with Gasteiger partial charge in [0, 0.05) is 19.8 Å². The van der Waals surface area contributed by atoms with Gasteiger partial charge in [0.05, 0.1) is 26.9 Å². The third-order valence-electron chi connectivity index (χ3n) is 4.63. The number of carbonyl (C=O) groups excluding carboxylic acids is 2. The summed E-state index contributed by atoms with van der Waals surface area (Å²) in [5, 5.41) is 0. The van der Waals surface area contributed by atoms with Gasteiger partial charge < -0.3 is 28.4 Å².